The number of carbonyl (C=O) groups is 1. The van der Waals surface area contributed by atoms with Crippen LogP contribution >= 0.6 is 31.9 Å². The summed E-state index contributed by atoms with van der Waals surface area (Å²) in [5, 5.41) is 0.727. The van der Waals surface area contributed by atoms with Gasteiger partial charge in [-0.25, -0.2) is 4.79 Å². The summed E-state index contributed by atoms with van der Waals surface area (Å²) in [7, 11) is 0. The third-order valence-corrected chi connectivity index (χ3v) is 3.18. The summed E-state index contributed by atoms with van der Waals surface area (Å²) < 4.78 is 5.88. The van der Waals surface area contributed by atoms with E-state index in [0.717, 1.165) is 20.9 Å². The molecule has 0 N–H and O–H groups in total. The zero-order valence-corrected chi connectivity index (χ0v) is 11.8. The van der Waals surface area contributed by atoms with E-state index in [0.29, 0.717) is 12.2 Å². The molecule has 0 radical (unpaired) electrons. The molecule has 0 amide bonds. The second kappa shape index (κ2) is 5.66. The molecule has 82 valence electrons. The number of rotatable bonds is 3. The maximum absolute atomic E-state index is 11.6. The van der Waals surface area contributed by atoms with E-state index in [2.05, 4.69) is 31.9 Å². The van der Waals surface area contributed by atoms with Crippen molar-refractivity contribution >= 4 is 37.8 Å². The molecule has 1 rings (SSSR count). The van der Waals surface area contributed by atoms with E-state index in [1.54, 1.807) is 13.0 Å². The van der Waals surface area contributed by atoms with Crippen molar-refractivity contribution in [3.05, 3.63) is 33.3 Å². The fourth-order valence-corrected chi connectivity index (χ4v) is 2.38. The molecule has 1 aromatic carbocycles. The minimum atomic E-state index is -0.265. The predicted octanol–water partition coefficient (Wildman–Crippen LogP) is 3.83. The maximum Gasteiger partial charge on any atom is 0.338 e. The molecule has 0 heterocycles. The smallest absolute Gasteiger partial charge is 0.338 e. The maximum atomic E-state index is 11.6. The Morgan fingerprint density at radius 3 is 2.67 bits per heavy atom. The molecule has 0 aliphatic rings. The van der Waals surface area contributed by atoms with Crippen molar-refractivity contribution in [1.82, 2.24) is 0 Å². The van der Waals surface area contributed by atoms with Crippen LogP contribution < -0.4 is 0 Å². The van der Waals surface area contributed by atoms with Crippen molar-refractivity contribution < 1.29 is 9.53 Å². The molecule has 0 spiro atoms. The Bertz CT molecular complexity index is 375. The molecular formula is C11H12Br2O2. The van der Waals surface area contributed by atoms with Crippen LogP contribution in [0.2, 0.25) is 0 Å². The molecule has 0 saturated carbocycles. The SMILES string of the molecule is CCOC(=O)c1cc(Br)cc(CBr)c1C. The van der Waals surface area contributed by atoms with Crippen molar-refractivity contribution in [2.24, 2.45) is 0 Å². The molecule has 0 aromatic heterocycles. The summed E-state index contributed by atoms with van der Waals surface area (Å²) >= 11 is 6.77. The topological polar surface area (TPSA) is 26.3 Å². The first-order valence-corrected chi connectivity index (χ1v) is 6.53. The molecule has 2 nitrogen and oxygen atoms in total. The number of esters is 1. The van der Waals surface area contributed by atoms with Crippen LogP contribution in [0.5, 0.6) is 0 Å². The standard InChI is InChI=1S/C11H12Br2O2/c1-3-15-11(14)10-5-9(13)4-8(6-12)7(10)2/h4-5H,3,6H2,1-2H3. The number of halogens is 2. The highest BCUT2D eigenvalue weighted by Gasteiger charge is 2.13. The summed E-state index contributed by atoms with van der Waals surface area (Å²) in [6.45, 7) is 4.13. The highest BCUT2D eigenvalue weighted by Crippen LogP contribution is 2.23. The summed E-state index contributed by atoms with van der Waals surface area (Å²) in [6.07, 6.45) is 0. The second-order valence-corrected chi connectivity index (χ2v) is 4.57. The minimum Gasteiger partial charge on any atom is -0.462 e. The van der Waals surface area contributed by atoms with Crippen molar-refractivity contribution in [2.45, 2.75) is 19.2 Å². The van der Waals surface area contributed by atoms with Crippen LogP contribution in [0.25, 0.3) is 0 Å². The third-order valence-electron chi connectivity index (χ3n) is 2.12. The Kier molecular flexibility index (Phi) is 4.80. The number of hydrogen-bond acceptors (Lipinski definition) is 2. The summed E-state index contributed by atoms with van der Waals surface area (Å²) in [6, 6.07) is 3.78. The Labute approximate surface area is 106 Å². The summed E-state index contributed by atoms with van der Waals surface area (Å²) in [5.41, 5.74) is 2.68. The van der Waals surface area contributed by atoms with Gasteiger partial charge < -0.3 is 4.74 Å². The number of benzene rings is 1. The van der Waals surface area contributed by atoms with Crippen LogP contribution in [0, 0.1) is 6.92 Å². The highest BCUT2D eigenvalue weighted by atomic mass is 79.9. The molecule has 0 unspecified atom stereocenters. The van der Waals surface area contributed by atoms with Crippen molar-refractivity contribution in [1.29, 1.82) is 0 Å². The minimum absolute atomic E-state index is 0.265. The van der Waals surface area contributed by atoms with Crippen LogP contribution in [-0.4, -0.2) is 12.6 Å². The molecule has 0 saturated heterocycles. The fourth-order valence-electron chi connectivity index (χ4n) is 1.30. The van der Waals surface area contributed by atoms with Crippen LogP contribution in [0.3, 0.4) is 0 Å². The van der Waals surface area contributed by atoms with Crippen molar-refractivity contribution in [3.63, 3.8) is 0 Å². The van der Waals surface area contributed by atoms with Crippen LogP contribution in [0.1, 0.15) is 28.4 Å². The van der Waals surface area contributed by atoms with E-state index in [1.807, 2.05) is 13.0 Å². The molecule has 15 heavy (non-hydrogen) atoms. The number of ether oxygens (including phenoxy) is 1. The average Bonchev–Trinajstić information content (AvgIpc) is 2.21. The lowest BCUT2D eigenvalue weighted by molar-refractivity contribution is 0.0525. The molecular weight excluding hydrogens is 324 g/mol. The van der Waals surface area contributed by atoms with Gasteiger partial charge in [-0.05, 0) is 37.1 Å². The van der Waals surface area contributed by atoms with Gasteiger partial charge in [-0.2, -0.15) is 0 Å². The van der Waals surface area contributed by atoms with Gasteiger partial charge in [0, 0.05) is 9.80 Å². The number of hydrogen-bond donors (Lipinski definition) is 0. The first-order chi connectivity index (χ1) is 7.10. The monoisotopic (exact) mass is 334 g/mol. The lowest BCUT2D eigenvalue weighted by Gasteiger charge is -2.09. The number of carbonyl (C=O) groups excluding carboxylic acids is 1. The Morgan fingerprint density at radius 2 is 2.13 bits per heavy atom. The molecule has 4 heteroatoms. The van der Waals surface area contributed by atoms with Gasteiger partial charge in [0.15, 0.2) is 0 Å². The fraction of sp³-hybridized carbons (Fsp3) is 0.364. The van der Waals surface area contributed by atoms with E-state index >= 15 is 0 Å². The first kappa shape index (κ1) is 12.7. The summed E-state index contributed by atoms with van der Waals surface area (Å²) in [5.74, 6) is -0.265. The van der Waals surface area contributed by atoms with Gasteiger partial charge in [0.05, 0.1) is 12.2 Å². The van der Waals surface area contributed by atoms with Crippen molar-refractivity contribution in [2.75, 3.05) is 6.61 Å². The van der Waals surface area contributed by atoms with Crippen LogP contribution in [0.15, 0.2) is 16.6 Å². The molecule has 0 aliphatic carbocycles. The molecule has 0 fully saturated rings. The van der Waals surface area contributed by atoms with E-state index in [9.17, 15) is 4.79 Å². The molecule has 0 atom stereocenters. The highest BCUT2D eigenvalue weighted by molar-refractivity contribution is 9.10. The predicted molar refractivity (Wildman–Crippen MR) is 67.5 cm³/mol. The molecule has 0 aliphatic heterocycles. The van der Waals surface area contributed by atoms with Gasteiger partial charge in [-0.15, -0.1) is 0 Å². The summed E-state index contributed by atoms with van der Waals surface area (Å²) in [4.78, 5) is 11.6. The van der Waals surface area contributed by atoms with Gasteiger partial charge in [0.1, 0.15) is 0 Å². The molecule has 0 bridgehead atoms. The Hall–Kier alpha value is -0.350. The van der Waals surface area contributed by atoms with Gasteiger partial charge in [-0.3, -0.25) is 0 Å². The van der Waals surface area contributed by atoms with Gasteiger partial charge in [0.25, 0.3) is 0 Å². The van der Waals surface area contributed by atoms with Crippen LogP contribution in [-0.2, 0) is 10.1 Å². The zero-order chi connectivity index (χ0) is 11.4. The van der Waals surface area contributed by atoms with E-state index in [4.69, 9.17) is 4.74 Å². The van der Waals surface area contributed by atoms with E-state index in [1.165, 1.54) is 0 Å². The second-order valence-electron chi connectivity index (χ2n) is 3.09. The average molecular weight is 336 g/mol. The van der Waals surface area contributed by atoms with Crippen molar-refractivity contribution in [3.8, 4) is 0 Å². The van der Waals surface area contributed by atoms with Gasteiger partial charge in [0.2, 0.25) is 0 Å². The van der Waals surface area contributed by atoms with Gasteiger partial charge >= 0.3 is 5.97 Å². The lowest BCUT2D eigenvalue weighted by atomic mass is 10.0. The first-order valence-electron chi connectivity index (χ1n) is 4.62. The quantitative estimate of drug-likeness (QED) is 0.620. The third kappa shape index (κ3) is 3.05. The van der Waals surface area contributed by atoms with E-state index < -0.39 is 0 Å². The normalized spacial score (nSPS) is 10.1. The molecule has 1 aromatic rings. The van der Waals surface area contributed by atoms with Gasteiger partial charge in [-0.1, -0.05) is 31.9 Å². The van der Waals surface area contributed by atoms with Crippen LogP contribution in [0.4, 0.5) is 0 Å². The largest absolute Gasteiger partial charge is 0.462 e. The Balaban J connectivity index is 3.17. The zero-order valence-electron chi connectivity index (χ0n) is 8.64. The number of alkyl halides is 1. The Morgan fingerprint density at radius 1 is 1.47 bits per heavy atom. The lowest BCUT2D eigenvalue weighted by Crippen LogP contribution is -2.08. The van der Waals surface area contributed by atoms with E-state index in [-0.39, 0.29) is 5.97 Å².